The molecule has 0 radical (unpaired) electrons. The molecule has 2 aromatic heterocycles. The van der Waals surface area contributed by atoms with Gasteiger partial charge in [0, 0.05) is 49.6 Å². The van der Waals surface area contributed by atoms with Crippen LogP contribution in [0.5, 0.6) is 11.8 Å². The molecule has 4 aliphatic heterocycles. The SMILES string of the molecule is C#Cc1c(F)ccc2cc(O)cc(-c3ncc4c(N5CC6CCC(C5)N6C(=O)OCOC(=O)CCC)nc(OC[C@@]56CCCN5C[C@H](F)C6)nc4c3F)c12. The minimum Gasteiger partial charge on any atom is -0.508 e. The van der Waals surface area contributed by atoms with Crippen LogP contribution in [0.1, 0.15) is 57.4 Å². The maximum absolute atomic E-state index is 17.0. The normalized spacial score (nSPS) is 23.5. The molecule has 2 bridgehead atoms. The number of amides is 1. The van der Waals surface area contributed by atoms with Crippen LogP contribution in [0.2, 0.25) is 0 Å². The molecule has 6 heterocycles. The van der Waals surface area contributed by atoms with Crippen LogP contribution in [-0.4, -0.2) is 105 Å². The largest absolute Gasteiger partial charge is 0.508 e. The Bertz CT molecular complexity index is 2190. The summed E-state index contributed by atoms with van der Waals surface area (Å²) in [6.45, 7) is 3.19. The van der Waals surface area contributed by atoms with E-state index in [1.165, 1.54) is 30.5 Å². The average Bonchev–Trinajstić information content (AvgIpc) is 3.77. The molecule has 0 spiro atoms. The first kappa shape index (κ1) is 35.7. The van der Waals surface area contributed by atoms with E-state index in [0.717, 1.165) is 19.4 Å². The summed E-state index contributed by atoms with van der Waals surface area (Å²) in [5.74, 6) is 0.479. The maximum atomic E-state index is 17.0. The molecule has 1 amide bonds. The fourth-order valence-corrected chi connectivity index (χ4v) is 8.79. The molecular formula is C39H39F3N6O6. The predicted molar refractivity (Wildman–Crippen MR) is 192 cm³/mol. The fraction of sp³-hybridized carbons (Fsp3) is 0.462. The van der Waals surface area contributed by atoms with Gasteiger partial charge >= 0.3 is 18.1 Å². The van der Waals surface area contributed by atoms with E-state index in [2.05, 4.69) is 20.8 Å². The lowest BCUT2D eigenvalue weighted by molar-refractivity contribution is -0.152. The number of terminal acetylenes is 1. The molecule has 0 saturated carbocycles. The minimum absolute atomic E-state index is 0.0745. The Morgan fingerprint density at radius 3 is 2.67 bits per heavy atom. The number of alkyl halides is 1. The van der Waals surface area contributed by atoms with Crippen molar-refractivity contribution in [2.24, 2.45) is 0 Å². The van der Waals surface area contributed by atoms with Gasteiger partial charge in [-0.15, -0.1) is 6.42 Å². The predicted octanol–water partition coefficient (Wildman–Crippen LogP) is 5.86. The van der Waals surface area contributed by atoms with Gasteiger partial charge < -0.3 is 24.2 Å². The molecule has 0 aliphatic carbocycles. The molecule has 4 aliphatic rings. The number of carbonyl (C=O) groups excluding carboxylic acids is 2. The Morgan fingerprint density at radius 1 is 1.11 bits per heavy atom. The zero-order chi connectivity index (χ0) is 37.7. The van der Waals surface area contributed by atoms with Crippen LogP contribution in [0.4, 0.5) is 23.8 Å². The van der Waals surface area contributed by atoms with Gasteiger partial charge in [0.25, 0.3) is 0 Å². The van der Waals surface area contributed by atoms with E-state index in [1.54, 1.807) is 4.90 Å². The number of nitrogens with zero attached hydrogens (tertiary/aromatic N) is 6. The molecule has 4 aromatic rings. The summed E-state index contributed by atoms with van der Waals surface area (Å²) in [7, 11) is 0. The number of ether oxygens (including phenoxy) is 3. The third-order valence-corrected chi connectivity index (χ3v) is 11.2. The van der Waals surface area contributed by atoms with Crippen molar-refractivity contribution >= 4 is 39.6 Å². The second-order valence-corrected chi connectivity index (χ2v) is 14.5. The highest BCUT2D eigenvalue weighted by Crippen LogP contribution is 2.42. The zero-order valence-electron chi connectivity index (χ0n) is 29.7. The third kappa shape index (κ3) is 6.25. The maximum Gasteiger partial charge on any atom is 0.413 e. The Kier molecular flexibility index (Phi) is 9.33. The van der Waals surface area contributed by atoms with Crippen molar-refractivity contribution in [3.05, 3.63) is 47.7 Å². The van der Waals surface area contributed by atoms with Crippen molar-refractivity contribution < 1.29 is 42.1 Å². The Labute approximate surface area is 309 Å². The Morgan fingerprint density at radius 2 is 1.91 bits per heavy atom. The topological polar surface area (TPSA) is 130 Å². The molecule has 15 heteroatoms. The number of rotatable bonds is 9. The van der Waals surface area contributed by atoms with Crippen molar-refractivity contribution in [2.45, 2.75) is 75.7 Å². The van der Waals surface area contributed by atoms with Gasteiger partial charge in [-0.05, 0) is 62.2 Å². The number of phenolic OH excluding ortho intramolecular Hbond substituents is 1. The number of halogens is 3. The van der Waals surface area contributed by atoms with Crippen molar-refractivity contribution in [3.8, 4) is 35.4 Å². The van der Waals surface area contributed by atoms with E-state index in [-0.39, 0.29) is 70.0 Å². The highest BCUT2D eigenvalue weighted by atomic mass is 19.1. The summed E-state index contributed by atoms with van der Waals surface area (Å²) < 4.78 is 63.1. The van der Waals surface area contributed by atoms with Crippen LogP contribution in [0, 0.1) is 24.0 Å². The number of aromatic hydroxyl groups is 1. The number of carbonyl (C=O) groups is 2. The van der Waals surface area contributed by atoms with Crippen LogP contribution in [0.15, 0.2) is 30.5 Å². The first-order chi connectivity index (χ1) is 26.1. The van der Waals surface area contributed by atoms with E-state index in [1.807, 2.05) is 11.8 Å². The number of pyridine rings is 1. The van der Waals surface area contributed by atoms with Crippen LogP contribution in [0.3, 0.4) is 0 Å². The second kappa shape index (κ2) is 14.1. The van der Waals surface area contributed by atoms with Gasteiger partial charge in [-0.25, -0.2) is 18.0 Å². The second-order valence-electron chi connectivity index (χ2n) is 14.5. The van der Waals surface area contributed by atoms with Crippen LogP contribution in [-0.2, 0) is 14.3 Å². The molecule has 282 valence electrons. The number of aromatic nitrogens is 3. The number of phenols is 1. The van der Waals surface area contributed by atoms with Crippen molar-refractivity contribution in [3.63, 3.8) is 0 Å². The number of hydrogen-bond acceptors (Lipinski definition) is 11. The Balaban J connectivity index is 1.17. The quantitative estimate of drug-likeness (QED) is 0.126. The van der Waals surface area contributed by atoms with Crippen molar-refractivity contribution in [1.29, 1.82) is 0 Å². The molecule has 4 atom stereocenters. The summed E-state index contributed by atoms with van der Waals surface area (Å²) in [4.78, 5) is 44.4. The molecule has 2 aromatic carbocycles. The van der Waals surface area contributed by atoms with Gasteiger partial charge in [0.05, 0.1) is 28.6 Å². The molecular weight excluding hydrogens is 705 g/mol. The van der Waals surface area contributed by atoms with Gasteiger partial charge in [0.15, 0.2) is 5.82 Å². The van der Waals surface area contributed by atoms with Gasteiger partial charge in [0.2, 0.25) is 6.79 Å². The first-order valence-corrected chi connectivity index (χ1v) is 18.2. The monoisotopic (exact) mass is 744 g/mol. The van der Waals surface area contributed by atoms with Crippen molar-refractivity contribution in [1.82, 2.24) is 24.8 Å². The molecule has 1 N–H and O–H groups in total. The summed E-state index contributed by atoms with van der Waals surface area (Å²) in [6, 6.07) is 4.64. The summed E-state index contributed by atoms with van der Waals surface area (Å²) in [5, 5.41) is 11.5. The summed E-state index contributed by atoms with van der Waals surface area (Å²) in [5.41, 5.74) is -0.902. The van der Waals surface area contributed by atoms with E-state index in [4.69, 9.17) is 25.6 Å². The van der Waals surface area contributed by atoms with Gasteiger partial charge in [-0.1, -0.05) is 18.9 Å². The lowest BCUT2D eigenvalue weighted by Gasteiger charge is -2.41. The number of esters is 1. The summed E-state index contributed by atoms with van der Waals surface area (Å²) >= 11 is 0. The standard InChI is InChI=1S/C39H39F3N6O6/c1-3-6-31(50)53-21-54-38(51)48-24-8-9-25(48)19-46(18-24)36-29-16-43-34(28-14-26(49)13-22-7-10-30(41)27(4-2)32(22)28)33(42)35(29)44-37(45-36)52-20-39-11-5-12-47(39)17-23(40)15-39/h2,7,10,13-14,16,23-25,49H,3,5-6,8-9,11-12,15,17-21H2,1H3/t23-,24?,25?,39+/m1/s1. The molecule has 8 rings (SSSR count). The van der Waals surface area contributed by atoms with Crippen LogP contribution >= 0.6 is 0 Å². The van der Waals surface area contributed by atoms with Crippen molar-refractivity contribution in [2.75, 3.05) is 44.5 Å². The highest BCUT2D eigenvalue weighted by molar-refractivity contribution is 6.03. The number of fused-ring (bicyclic) bond motifs is 5. The number of benzene rings is 2. The molecule has 12 nitrogen and oxygen atoms in total. The summed E-state index contributed by atoms with van der Waals surface area (Å²) in [6.07, 6.45) is 9.69. The van der Waals surface area contributed by atoms with Crippen LogP contribution in [0.25, 0.3) is 32.9 Å². The highest BCUT2D eigenvalue weighted by Gasteiger charge is 2.50. The molecule has 54 heavy (non-hydrogen) atoms. The minimum atomic E-state index is -0.982. The fourth-order valence-electron chi connectivity index (χ4n) is 8.79. The molecule has 4 saturated heterocycles. The number of anilines is 1. The number of hydrogen-bond donors (Lipinski definition) is 1. The number of piperazine rings is 1. The van der Waals surface area contributed by atoms with E-state index >= 15 is 4.39 Å². The zero-order valence-corrected chi connectivity index (χ0v) is 29.7. The molecule has 2 unspecified atom stereocenters. The lowest BCUT2D eigenvalue weighted by Crippen LogP contribution is -2.56. The molecule has 4 fully saturated rings. The first-order valence-electron chi connectivity index (χ1n) is 18.2. The smallest absolute Gasteiger partial charge is 0.413 e. The van der Waals surface area contributed by atoms with E-state index in [0.29, 0.717) is 56.5 Å². The van der Waals surface area contributed by atoms with Gasteiger partial charge in [-0.3, -0.25) is 19.6 Å². The van der Waals surface area contributed by atoms with Gasteiger partial charge in [-0.2, -0.15) is 9.97 Å². The van der Waals surface area contributed by atoms with Crippen LogP contribution < -0.4 is 9.64 Å². The average molecular weight is 745 g/mol. The van der Waals surface area contributed by atoms with E-state index in [9.17, 15) is 23.5 Å². The van der Waals surface area contributed by atoms with E-state index < -0.39 is 42.2 Å². The third-order valence-electron chi connectivity index (χ3n) is 11.2. The van der Waals surface area contributed by atoms with Gasteiger partial charge in [0.1, 0.15) is 41.4 Å². The Hall–Kier alpha value is -5.36. The lowest BCUT2D eigenvalue weighted by atomic mass is 9.95.